The molecule has 51 heavy (non-hydrogen) atoms. The number of benzene rings is 3. The van der Waals surface area contributed by atoms with Gasteiger partial charge in [-0.2, -0.15) is 0 Å². The SMILES string of the molecule is BBB(B(B)B)B(B(B)B)c1c2c(B)c(BB)c(B(B)B)c(B(B)BB)c2c(B(B(B)B)B(B)B(B)B)c2c(B(B)B(B)B)c(C)c(C)c(C)c12. The van der Waals surface area contributed by atoms with Crippen LogP contribution in [-0.4, -0.2) is 246 Å². The van der Waals surface area contributed by atoms with Gasteiger partial charge in [0.2, 0.25) is 0 Å². The molecule has 0 aliphatic rings. The molecule has 0 N–H and O–H groups in total. The predicted octanol–water partition coefficient (Wildman–Crippen LogP) is -24.8. The van der Waals surface area contributed by atoms with Gasteiger partial charge in [-0.15, -0.1) is 10.9 Å². The zero-order valence-electron chi connectivity index (χ0n) is 38.0. The van der Waals surface area contributed by atoms with Gasteiger partial charge in [0.05, 0.1) is 179 Å². The smallest absolute Gasteiger partial charge is 0.111 e. The Balaban J connectivity index is 3.24. The Labute approximate surface area is 340 Å². The molecule has 0 heterocycles. The van der Waals surface area contributed by atoms with E-state index in [9.17, 15) is 0 Å². The predicted molar refractivity (Wildman–Crippen MR) is 326 cm³/mol. The maximum absolute atomic E-state index is 2.59. The second kappa shape index (κ2) is 18.6. The van der Waals surface area contributed by atoms with Gasteiger partial charge in [-0.25, -0.2) is 0 Å². The Morgan fingerprint density at radius 3 is 1.35 bits per heavy atom. The maximum Gasteiger partial charge on any atom is 0.139 e. The minimum atomic E-state index is 0.461. The van der Waals surface area contributed by atoms with Crippen molar-refractivity contribution in [1.82, 2.24) is 0 Å². The molecule has 0 fully saturated rings. The highest BCUT2D eigenvalue weighted by Crippen LogP contribution is 2.27. The normalized spacial score (nSPS) is 10.6. The van der Waals surface area contributed by atoms with Gasteiger partial charge in [0.15, 0.2) is 0 Å². The second-order valence-electron chi connectivity index (χ2n) is 19.4. The first kappa shape index (κ1) is 45.8. The third-order valence-electron chi connectivity index (χ3n) is 14.5. The van der Waals surface area contributed by atoms with E-state index in [1.165, 1.54) is 19.7 Å². The third kappa shape index (κ3) is 8.42. The molecule has 0 aliphatic carbocycles. The van der Waals surface area contributed by atoms with Gasteiger partial charge in [0, 0.05) is 51.8 Å². The standard InChI is InChI=1S/C17H50B34/c1-4-5(2)7-9(13(6(4)3)42(25)45(26)27)15(43(46(28)29)50(36)48(32)33)10-8(14(7)44(47(30)31)51(39-21)49(34)35)11(18)12(37-19)17(40(22)23)16(10)41(24)38-20/h37-39H,18-36H2,1-3H3. The maximum atomic E-state index is 2.59. The fourth-order valence-electron chi connectivity index (χ4n) is 10.8. The monoisotopic (exact) mass is 629 g/mol. The van der Waals surface area contributed by atoms with Gasteiger partial charge in [-0.1, -0.05) is 32.9 Å². The van der Waals surface area contributed by atoms with Crippen molar-refractivity contribution < 1.29 is 0 Å². The lowest BCUT2D eigenvalue weighted by Crippen LogP contribution is -2.71. The molecular weight excluding hydrogens is 572 g/mol. The number of hydrogen-bond donors (Lipinski definition) is 0. The Morgan fingerprint density at radius 2 is 0.961 bits per heavy atom. The average molecular weight is 622 g/mol. The van der Waals surface area contributed by atoms with Crippen LogP contribution in [0.2, 0.25) is 0 Å². The van der Waals surface area contributed by atoms with Gasteiger partial charge in [-0.3, -0.25) is 0 Å². The molecule has 0 radical (unpaired) electrons. The first-order valence-corrected chi connectivity index (χ1v) is 21.7. The zero-order chi connectivity index (χ0) is 39.1. The van der Waals surface area contributed by atoms with Crippen LogP contribution in [0.25, 0.3) is 21.5 Å². The lowest BCUT2D eigenvalue weighted by Gasteiger charge is -2.39. The molecule has 34 heteroatoms. The molecule has 0 atom stereocenters. The first-order chi connectivity index (χ1) is 23.6. The summed E-state index contributed by atoms with van der Waals surface area (Å²) >= 11 is 0. The molecule has 0 unspecified atom stereocenters. The summed E-state index contributed by atoms with van der Waals surface area (Å²) in [6, 6.07) is 0. The third-order valence-corrected chi connectivity index (χ3v) is 14.5. The quantitative estimate of drug-likeness (QED) is 0.117. The highest BCUT2D eigenvalue weighted by molar-refractivity contribution is 7.97. The van der Waals surface area contributed by atoms with Crippen LogP contribution in [0, 0.1) is 20.8 Å². The molecular formula is C17H50B34. The minimum Gasteiger partial charge on any atom is -0.111 e. The van der Waals surface area contributed by atoms with Crippen LogP contribution in [0.3, 0.4) is 0 Å². The van der Waals surface area contributed by atoms with Crippen molar-refractivity contribution in [3.8, 4) is 0 Å². The number of fused-ring (bicyclic) bond motifs is 2. The highest BCUT2D eigenvalue weighted by Gasteiger charge is 2.42. The van der Waals surface area contributed by atoms with Crippen molar-refractivity contribution in [3.05, 3.63) is 16.7 Å². The van der Waals surface area contributed by atoms with Crippen molar-refractivity contribution in [3.63, 3.8) is 0 Å². The van der Waals surface area contributed by atoms with E-state index in [0.29, 0.717) is 77.2 Å². The van der Waals surface area contributed by atoms with E-state index in [1.54, 1.807) is 70.9 Å². The summed E-state index contributed by atoms with van der Waals surface area (Å²) in [6.45, 7) is 9.81. The molecule has 3 aromatic rings. The number of aryl methyl sites for hydroxylation is 1. The molecule has 0 amide bonds. The summed E-state index contributed by atoms with van der Waals surface area (Å²) in [7, 11) is 51.1. The van der Waals surface area contributed by atoms with E-state index in [2.05, 4.69) is 168 Å². The van der Waals surface area contributed by atoms with E-state index in [1.807, 2.05) is 0 Å². The molecule has 3 aromatic carbocycles. The Kier molecular flexibility index (Phi) is 16.7. The molecule has 3 rings (SSSR count). The lowest BCUT2D eigenvalue weighted by atomic mass is 8.59. The zero-order valence-corrected chi connectivity index (χ0v) is 38.0. The number of hydrogen-bond acceptors (Lipinski definition) is 0. The van der Waals surface area contributed by atoms with E-state index >= 15 is 0 Å². The van der Waals surface area contributed by atoms with Crippen molar-refractivity contribution in [2.75, 3.05) is 0 Å². The van der Waals surface area contributed by atoms with Crippen molar-refractivity contribution in [2.45, 2.75) is 20.8 Å². The van der Waals surface area contributed by atoms with Crippen LogP contribution in [0.4, 0.5) is 0 Å². The summed E-state index contributed by atoms with van der Waals surface area (Å²) in [5.41, 5.74) is 16.3. The van der Waals surface area contributed by atoms with Crippen LogP contribution in [-0.2, 0) is 0 Å². The number of rotatable bonds is 15. The van der Waals surface area contributed by atoms with Gasteiger partial charge >= 0.3 is 0 Å². The average Bonchev–Trinajstić information content (AvgIpc) is 3.04. The molecule has 0 aromatic heterocycles. The van der Waals surface area contributed by atoms with E-state index in [4.69, 9.17) is 0 Å². The molecule has 0 spiro atoms. The summed E-state index contributed by atoms with van der Waals surface area (Å²) in [5.74, 6) is 0. The summed E-state index contributed by atoms with van der Waals surface area (Å²) in [5, 5.41) is 6.64. The fourth-order valence-corrected chi connectivity index (χ4v) is 10.8. The molecule has 0 nitrogen and oxygen atoms in total. The van der Waals surface area contributed by atoms with E-state index in [0.717, 1.165) is 7.17 Å². The second-order valence-corrected chi connectivity index (χ2v) is 19.4. The van der Waals surface area contributed by atoms with Crippen LogP contribution < -0.4 is 38.2 Å². The summed E-state index contributed by atoms with van der Waals surface area (Å²) in [4.78, 5) is 0. The Bertz CT molecular complexity index is 1700. The van der Waals surface area contributed by atoms with Crippen LogP contribution >= 0.6 is 0 Å². The minimum absolute atomic E-state index is 0.461. The summed E-state index contributed by atoms with van der Waals surface area (Å²) < 4.78 is 0. The van der Waals surface area contributed by atoms with Gasteiger partial charge in [0.25, 0.3) is 0 Å². The van der Waals surface area contributed by atoms with Crippen LogP contribution in [0.15, 0.2) is 0 Å². The van der Waals surface area contributed by atoms with Gasteiger partial charge < -0.3 is 0 Å². The van der Waals surface area contributed by atoms with Gasteiger partial charge in [0.1, 0.15) is 15.0 Å². The summed E-state index contributed by atoms with van der Waals surface area (Å²) in [6.07, 6.45) is 4.02. The van der Waals surface area contributed by atoms with E-state index in [-0.39, 0.29) is 0 Å². The fraction of sp³-hybridized carbons (Fsp3) is 0.176. The van der Waals surface area contributed by atoms with Crippen molar-refractivity contribution in [2.24, 2.45) is 0 Å². The largest absolute Gasteiger partial charge is 0.139 e. The van der Waals surface area contributed by atoms with Crippen molar-refractivity contribution >= 4 is 305 Å². The van der Waals surface area contributed by atoms with E-state index < -0.39 is 0 Å². The van der Waals surface area contributed by atoms with Crippen molar-refractivity contribution in [1.29, 1.82) is 0 Å². The Morgan fingerprint density at radius 1 is 0.451 bits per heavy atom. The van der Waals surface area contributed by atoms with Crippen LogP contribution in [0.5, 0.6) is 0 Å². The lowest BCUT2D eigenvalue weighted by molar-refractivity contribution is 1.32. The molecule has 0 saturated heterocycles. The molecule has 220 valence electrons. The van der Waals surface area contributed by atoms with Gasteiger partial charge in [-0.05, 0) is 53.4 Å². The Hall–Kier alpha value is 0.388. The highest BCUT2D eigenvalue weighted by atomic mass is 14.2. The van der Waals surface area contributed by atoms with Crippen LogP contribution in [0.1, 0.15) is 16.7 Å². The molecule has 0 bridgehead atoms. The molecule has 0 aliphatic heterocycles. The molecule has 0 saturated carbocycles. The topological polar surface area (TPSA) is 0 Å². The first-order valence-electron chi connectivity index (χ1n) is 21.7.